The Kier molecular flexibility index (Phi) is 4.93. The lowest BCUT2D eigenvalue weighted by Gasteiger charge is -2.25. The normalized spacial score (nSPS) is 14.2. The summed E-state index contributed by atoms with van der Waals surface area (Å²) in [5.74, 6) is -0.110. The minimum absolute atomic E-state index is 0.0311. The van der Waals surface area contributed by atoms with E-state index in [1.165, 1.54) is 22.5 Å². The number of amides is 2. The molecule has 0 bridgehead atoms. The van der Waals surface area contributed by atoms with Gasteiger partial charge in [-0.3, -0.25) is 9.59 Å². The zero-order valence-electron chi connectivity index (χ0n) is 16.1. The minimum atomic E-state index is -0.503. The molecule has 0 fully saturated rings. The van der Waals surface area contributed by atoms with Crippen LogP contribution in [0.1, 0.15) is 47.1 Å². The molecule has 5 heteroatoms. The van der Waals surface area contributed by atoms with Gasteiger partial charge in [-0.1, -0.05) is 45.0 Å². The van der Waals surface area contributed by atoms with Gasteiger partial charge in [-0.05, 0) is 37.0 Å². The van der Waals surface area contributed by atoms with Crippen LogP contribution in [-0.2, 0) is 17.6 Å². The topological polar surface area (TPSA) is 49.4 Å². The van der Waals surface area contributed by atoms with Crippen LogP contribution in [0.15, 0.2) is 30.3 Å². The number of fused-ring (bicyclic) bond motifs is 1. The molecular formula is C21H26N2O2S. The second-order valence-corrected chi connectivity index (χ2v) is 9.31. The van der Waals surface area contributed by atoms with Gasteiger partial charge in [0.05, 0.1) is 5.56 Å². The number of hydrogen-bond donors (Lipinski definition) is 1. The van der Waals surface area contributed by atoms with E-state index in [9.17, 15) is 9.59 Å². The first-order chi connectivity index (χ1) is 12.2. The van der Waals surface area contributed by atoms with Gasteiger partial charge in [-0.15, -0.1) is 11.3 Å². The van der Waals surface area contributed by atoms with Gasteiger partial charge in [-0.25, -0.2) is 0 Å². The highest BCUT2D eigenvalue weighted by Gasteiger charge is 2.30. The fourth-order valence-corrected chi connectivity index (χ4v) is 4.12. The molecule has 26 heavy (non-hydrogen) atoms. The van der Waals surface area contributed by atoms with Crippen LogP contribution in [0.2, 0.25) is 0 Å². The van der Waals surface area contributed by atoms with Gasteiger partial charge < -0.3 is 10.2 Å². The van der Waals surface area contributed by atoms with E-state index in [0.29, 0.717) is 10.6 Å². The SMILES string of the molecule is Cc1cc(C(=O)N(C)C2Cc3ccccc3C2)c(NC(=O)C(C)(C)C)s1. The minimum Gasteiger partial charge on any atom is -0.338 e. The molecular weight excluding hydrogens is 344 g/mol. The Labute approximate surface area is 159 Å². The quantitative estimate of drug-likeness (QED) is 0.877. The number of carbonyl (C=O) groups excluding carboxylic acids is 2. The van der Waals surface area contributed by atoms with Crippen molar-refractivity contribution in [2.45, 2.75) is 46.6 Å². The van der Waals surface area contributed by atoms with Crippen molar-refractivity contribution in [2.75, 3.05) is 12.4 Å². The zero-order chi connectivity index (χ0) is 19.1. The molecule has 1 N–H and O–H groups in total. The highest BCUT2D eigenvalue weighted by Crippen LogP contribution is 2.32. The first kappa shape index (κ1) is 18.6. The third-order valence-corrected chi connectivity index (χ3v) is 5.86. The standard InChI is InChI=1S/C21H26N2O2S/c1-13-10-17(18(26-13)22-20(25)21(2,3)4)19(24)23(5)16-11-14-8-6-7-9-15(14)12-16/h6-10,16H,11-12H2,1-5H3,(H,22,25). The van der Waals surface area contributed by atoms with Crippen molar-refractivity contribution in [2.24, 2.45) is 5.41 Å². The van der Waals surface area contributed by atoms with Crippen LogP contribution in [0.3, 0.4) is 0 Å². The van der Waals surface area contributed by atoms with Gasteiger partial charge in [0, 0.05) is 23.4 Å². The lowest BCUT2D eigenvalue weighted by molar-refractivity contribution is -0.123. The predicted octanol–water partition coefficient (Wildman–Crippen LogP) is 4.28. The summed E-state index contributed by atoms with van der Waals surface area (Å²) in [6.45, 7) is 7.56. The Bertz CT molecular complexity index is 823. The number of nitrogens with zero attached hydrogens (tertiary/aromatic N) is 1. The average molecular weight is 371 g/mol. The van der Waals surface area contributed by atoms with E-state index >= 15 is 0 Å². The zero-order valence-corrected chi connectivity index (χ0v) is 16.9. The van der Waals surface area contributed by atoms with Gasteiger partial charge in [0.25, 0.3) is 5.91 Å². The second-order valence-electron chi connectivity index (χ2n) is 8.05. The monoisotopic (exact) mass is 370 g/mol. The number of anilines is 1. The highest BCUT2D eigenvalue weighted by molar-refractivity contribution is 7.16. The molecule has 0 saturated heterocycles. The summed E-state index contributed by atoms with van der Waals surface area (Å²) < 4.78 is 0. The molecule has 1 aliphatic carbocycles. The van der Waals surface area contributed by atoms with Crippen molar-refractivity contribution in [1.82, 2.24) is 4.90 Å². The molecule has 0 radical (unpaired) electrons. The summed E-state index contributed by atoms with van der Waals surface area (Å²) in [7, 11) is 1.86. The molecule has 138 valence electrons. The number of benzene rings is 1. The summed E-state index contributed by atoms with van der Waals surface area (Å²) in [6.07, 6.45) is 1.76. The van der Waals surface area contributed by atoms with Gasteiger partial charge in [0.15, 0.2) is 0 Å². The van der Waals surface area contributed by atoms with Crippen LogP contribution in [0.5, 0.6) is 0 Å². The largest absolute Gasteiger partial charge is 0.338 e. The summed E-state index contributed by atoms with van der Waals surface area (Å²) >= 11 is 1.45. The first-order valence-electron chi connectivity index (χ1n) is 8.92. The molecule has 1 heterocycles. The van der Waals surface area contributed by atoms with E-state index in [-0.39, 0.29) is 17.9 Å². The Morgan fingerprint density at radius 3 is 2.27 bits per heavy atom. The molecule has 2 amide bonds. The molecule has 0 spiro atoms. The van der Waals surface area contributed by atoms with Crippen molar-refractivity contribution in [1.29, 1.82) is 0 Å². The second kappa shape index (κ2) is 6.88. The number of hydrogen-bond acceptors (Lipinski definition) is 3. The Morgan fingerprint density at radius 2 is 1.73 bits per heavy atom. The molecule has 1 aliphatic rings. The lowest BCUT2D eigenvalue weighted by atomic mass is 9.96. The average Bonchev–Trinajstić information content (AvgIpc) is 3.15. The van der Waals surface area contributed by atoms with Crippen molar-refractivity contribution in [3.8, 4) is 0 Å². The van der Waals surface area contributed by atoms with E-state index in [2.05, 4.69) is 17.4 Å². The number of likely N-dealkylation sites (N-methyl/N-ethyl adjacent to an activating group) is 1. The number of aryl methyl sites for hydroxylation is 1. The summed E-state index contributed by atoms with van der Waals surface area (Å²) in [5, 5.41) is 3.59. The maximum Gasteiger partial charge on any atom is 0.256 e. The van der Waals surface area contributed by atoms with Crippen LogP contribution in [0, 0.1) is 12.3 Å². The van der Waals surface area contributed by atoms with E-state index in [1.54, 1.807) is 0 Å². The van der Waals surface area contributed by atoms with Gasteiger partial charge in [0.2, 0.25) is 5.91 Å². The molecule has 0 atom stereocenters. The predicted molar refractivity (Wildman–Crippen MR) is 107 cm³/mol. The van der Waals surface area contributed by atoms with Crippen molar-refractivity contribution < 1.29 is 9.59 Å². The van der Waals surface area contributed by atoms with Crippen molar-refractivity contribution >= 4 is 28.2 Å². The Hall–Kier alpha value is -2.14. The summed E-state index contributed by atoms with van der Waals surface area (Å²) in [6, 6.07) is 10.4. The van der Waals surface area contributed by atoms with E-state index < -0.39 is 5.41 Å². The Balaban J connectivity index is 1.79. The number of nitrogens with one attached hydrogen (secondary N) is 1. The maximum atomic E-state index is 13.1. The van der Waals surface area contributed by atoms with E-state index in [4.69, 9.17) is 0 Å². The molecule has 4 nitrogen and oxygen atoms in total. The molecule has 2 aromatic rings. The van der Waals surface area contributed by atoms with Gasteiger partial charge >= 0.3 is 0 Å². The van der Waals surface area contributed by atoms with E-state index in [0.717, 1.165) is 17.7 Å². The molecule has 1 aromatic carbocycles. The third kappa shape index (κ3) is 3.68. The van der Waals surface area contributed by atoms with Crippen molar-refractivity contribution in [3.63, 3.8) is 0 Å². The smallest absolute Gasteiger partial charge is 0.256 e. The van der Waals surface area contributed by atoms with Crippen molar-refractivity contribution in [3.05, 3.63) is 51.9 Å². The fourth-order valence-electron chi connectivity index (χ4n) is 3.22. The number of rotatable bonds is 3. The Morgan fingerprint density at radius 1 is 1.15 bits per heavy atom. The van der Waals surface area contributed by atoms with Crippen LogP contribution in [0.25, 0.3) is 0 Å². The van der Waals surface area contributed by atoms with Crippen LogP contribution in [0.4, 0.5) is 5.00 Å². The lowest BCUT2D eigenvalue weighted by Crippen LogP contribution is -2.38. The van der Waals surface area contributed by atoms with Crippen LogP contribution < -0.4 is 5.32 Å². The summed E-state index contributed by atoms with van der Waals surface area (Å²) in [5.41, 5.74) is 2.72. The fraction of sp³-hybridized carbons (Fsp3) is 0.429. The van der Waals surface area contributed by atoms with Crippen LogP contribution in [-0.4, -0.2) is 29.8 Å². The molecule has 0 saturated carbocycles. The molecule has 0 unspecified atom stereocenters. The molecule has 1 aromatic heterocycles. The van der Waals surface area contributed by atoms with Gasteiger partial charge in [-0.2, -0.15) is 0 Å². The summed E-state index contributed by atoms with van der Waals surface area (Å²) in [4.78, 5) is 28.3. The number of thiophene rings is 1. The molecule has 0 aliphatic heterocycles. The first-order valence-corrected chi connectivity index (χ1v) is 9.74. The maximum absolute atomic E-state index is 13.1. The van der Waals surface area contributed by atoms with Gasteiger partial charge in [0.1, 0.15) is 5.00 Å². The molecule has 3 rings (SSSR count). The number of carbonyl (C=O) groups is 2. The van der Waals surface area contributed by atoms with E-state index in [1.807, 2.05) is 57.8 Å². The highest BCUT2D eigenvalue weighted by atomic mass is 32.1. The third-order valence-electron chi connectivity index (χ3n) is 4.89. The van der Waals surface area contributed by atoms with Crippen LogP contribution >= 0.6 is 11.3 Å².